The zero-order valence-electron chi connectivity index (χ0n) is 16.2. The Balaban J connectivity index is 2.59. The Morgan fingerprint density at radius 1 is 1.14 bits per heavy atom. The van der Waals surface area contributed by atoms with Crippen molar-refractivity contribution in [2.24, 2.45) is 5.92 Å². The summed E-state index contributed by atoms with van der Waals surface area (Å²) in [6.45, 7) is 3.55. The van der Waals surface area contributed by atoms with Crippen LogP contribution in [0.4, 0.5) is 4.79 Å². The molecule has 28 heavy (non-hydrogen) atoms. The predicted molar refractivity (Wildman–Crippen MR) is 102 cm³/mol. The molecule has 1 aromatic carbocycles. The van der Waals surface area contributed by atoms with Crippen molar-refractivity contribution < 1.29 is 24.2 Å². The van der Waals surface area contributed by atoms with Gasteiger partial charge in [-0.05, 0) is 30.7 Å². The van der Waals surface area contributed by atoms with Gasteiger partial charge in [0.25, 0.3) is 0 Å². The number of rotatable bonds is 11. The van der Waals surface area contributed by atoms with Crippen LogP contribution in [0.3, 0.4) is 0 Å². The van der Waals surface area contributed by atoms with Gasteiger partial charge in [0.05, 0.1) is 6.07 Å². The van der Waals surface area contributed by atoms with Crippen molar-refractivity contribution in [1.82, 2.24) is 10.6 Å². The number of carboxylic acids is 1. The fraction of sp³-hybridized carbons (Fsp3) is 0.500. The fourth-order valence-electron chi connectivity index (χ4n) is 2.50. The van der Waals surface area contributed by atoms with E-state index in [0.717, 1.165) is 5.56 Å². The molecule has 1 aromatic rings. The number of alkyl carbamates (subject to hydrolysis) is 1. The molecule has 152 valence electrons. The molecule has 8 nitrogen and oxygen atoms in total. The lowest BCUT2D eigenvalue weighted by Gasteiger charge is -2.23. The van der Waals surface area contributed by atoms with Crippen LogP contribution >= 0.6 is 0 Å². The second-order valence-corrected chi connectivity index (χ2v) is 6.73. The molecule has 0 aliphatic rings. The lowest BCUT2D eigenvalue weighted by atomic mass is 10.0. The molecule has 0 saturated heterocycles. The number of unbranched alkanes of at least 4 members (excludes halogenated alkanes) is 2. The van der Waals surface area contributed by atoms with Crippen LogP contribution in [0.1, 0.15) is 45.1 Å². The van der Waals surface area contributed by atoms with Crippen LogP contribution in [0.2, 0.25) is 0 Å². The van der Waals surface area contributed by atoms with Gasteiger partial charge in [0.2, 0.25) is 5.91 Å². The molecule has 8 heteroatoms. The summed E-state index contributed by atoms with van der Waals surface area (Å²) in [5.41, 5.74) is 0.812. The van der Waals surface area contributed by atoms with Gasteiger partial charge in [-0.2, -0.15) is 5.26 Å². The average Bonchev–Trinajstić information content (AvgIpc) is 2.67. The van der Waals surface area contributed by atoms with Crippen molar-refractivity contribution in [2.45, 2.75) is 58.2 Å². The summed E-state index contributed by atoms with van der Waals surface area (Å²) in [5.74, 6) is -2.00. The number of amides is 2. The highest BCUT2D eigenvalue weighted by atomic mass is 16.5. The van der Waals surface area contributed by atoms with Gasteiger partial charge < -0.3 is 20.5 Å². The standard InChI is InChI=1S/C20H27N3O5/c1-14(2)17(23-20(27)28-13-15-9-5-3-6-10-15)18(24)22-16(19(25)26)11-7-4-8-12-21/h3,5-6,9-10,14,16-17H,4,7-8,11,13H2,1-2H3,(H,22,24)(H,23,27)(H,25,26)/t16-,17+/m0/s1. The maximum Gasteiger partial charge on any atom is 0.408 e. The zero-order chi connectivity index (χ0) is 20.9. The summed E-state index contributed by atoms with van der Waals surface area (Å²) >= 11 is 0. The third-order valence-electron chi connectivity index (χ3n) is 4.08. The normalized spacial score (nSPS) is 12.5. The maximum absolute atomic E-state index is 12.5. The summed E-state index contributed by atoms with van der Waals surface area (Å²) in [7, 11) is 0. The van der Waals surface area contributed by atoms with Gasteiger partial charge >= 0.3 is 12.1 Å². The quantitative estimate of drug-likeness (QED) is 0.499. The maximum atomic E-state index is 12.5. The van der Waals surface area contributed by atoms with Gasteiger partial charge in [0.1, 0.15) is 18.7 Å². The Bertz CT molecular complexity index is 685. The number of nitrogens with one attached hydrogen (secondary N) is 2. The van der Waals surface area contributed by atoms with E-state index in [-0.39, 0.29) is 18.9 Å². The van der Waals surface area contributed by atoms with Gasteiger partial charge in [-0.25, -0.2) is 9.59 Å². The Kier molecular flexibility index (Phi) is 10.1. The molecule has 0 aromatic heterocycles. The number of nitrogens with zero attached hydrogens (tertiary/aromatic N) is 1. The SMILES string of the molecule is CC(C)[C@@H](NC(=O)OCc1ccccc1)C(=O)N[C@@H](CCCCC#N)C(=O)O. The Hall–Kier alpha value is -3.08. The van der Waals surface area contributed by atoms with Crippen molar-refractivity contribution in [3.8, 4) is 6.07 Å². The van der Waals surface area contributed by atoms with Crippen molar-refractivity contribution >= 4 is 18.0 Å². The lowest BCUT2D eigenvalue weighted by Crippen LogP contribution is -2.53. The first-order valence-corrected chi connectivity index (χ1v) is 9.22. The molecule has 2 amide bonds. The molecule has 1 rings (SSSR count). The van der Waals surface area contributed by atoms with Crippen LogP contribution < -0.4 is 10.6 Å². The Labute approximate surface area is 164 Å². The number of carbonyl (C=O) groups excluding carboxylic acids is 2. The number of benzene rings is 1. The number of ether oxygens (including phenoxy) is 1. The smallest absolute Gasteiger partial charge is 0.408 e. The fourth-order valence-corrected chi connectivity index (χ4v) is 2.50. The molecule has 0 radical (unpaired) electrons. The molecule has 0 fully saturated rings. The number of hydrogen-bond acceptors (Lipinski definition) is 5. The highest BCUT2D eigenvalue weighted by Crippen LogP contribution is 2.08. The largest absolute Gasteiger partial charge is 0.480 e. The molecule has 3 N–H and O–H groups in total. The topological polar surface area (TPSA) is 129 Å². The average molecular weight is 389 g/mol. The first-order valence-electron chi connectivity index (χ1n) is 9.22. The monoisotopic (exact) mass is 389 g/mol. The van der Waals surface area contributed by atoms with E-state index >= 15 is 0 Å². The van der Waals surface area contributed by atoms with E-state index < -0.39 is 30.1 Å². The minimum absolute atomic E-state index is 0.0652. The zero-order valence-corrected chi connectivity index (χ0v) is 16.2. The summed E-state index contributed by atoms with van der Waals surface area (Å²) in [4.78, 5) is 35.9. The molecule has 0 saturated carbocycles. The summed E-state index contributed by atoms with van der Waals surface area (Å²) in [6.07, 6.45) is 0.867. The van der Waals surface area contributed by atoms with E-state index in [0.29, 0.717) is 19.3 Å². The van der Waals surface area contributed by atoms with Crippen molar-refractivity contribution in [3.63, 3.8) is 0 Å². The molecule has 0 heterocycles. The third kappa shape index (κ3) is 8.54. The second kappa shape index (κ2) is 12.3. The molecule has 2 atom stereocenters. The summed E-state index contributed by atoms with van der Waals surface area (Å²) < 4.78 is 5.13. The summed E-state index contributed by atoms with van der Waals surface area (Å²) in [6, 6.07) is 9.11. The first-order chi connectivity index (χ1) is 13.3. The Morgan fingerprint density at radius 2 is 1.82 bits per heavy atom. The van der Waals surface area contributed by atoms with E-state index in [4.69, 9.17) is 10.00 Å². The predicted octanol–water partition coefficient (Wildman–Crippen LogP) is 2.59. The van der Waals surface area contributed by atoms with E-state index in [1.54, 1.807) is 13.8 Å². The van der Waals surface area contributed by atoms with Crippen LogP contribution in [-0.4, -0.2) is 35.2 Å². The van der Waals surface area contributed by atoms with Gasteiger partial charge in [0, 0.05) is 6.42 Å². The van der Waals surface area contributed by atoms with Gasteiger partial charge in [0.15, 0.2) is 0 Å². The van der Waals surface area contributed by atoms with Crippen LogP contribution in [0.15, 0.2) is 30.3 Å². The highest BCUT2D eigenvalue weighted by Gasteiger charge is 2.28. The molecule has 0 bridgehead atoms. The van der Waals surface area contributed by atoms with Gasteiger partial charge in [-0.15, -0.1) is 0 Å². The number of nitriles is 1. The van der Waals surface area contributed by atoms with Crippen LogP contribution in [0, 0.1) is 17.2 Å². The minimum Gasteiger partial charge on any atom is -0.480 e. The molecular formula is C20H27N3O5. The Morgan fingerprint density at radius 3 is 2.39 bits per heavy atom. The van der Waals surface area contributed by atoms with Gasteiger partial charge in [-0.3, -0.25) is 4.79 Å². The molecular weight excluding hydrogens is 362 g/mol. The van der Waals surface area contributed by atoms with E-state index in [9.17, 15) is 19.5 Å². The number of aliphatic carboxylic acids is 1. The van der Waals surface area contributed by atoms with E-state index in [1.807, 2.05) is 36.4 Å². The van der Waals surface area contributed by atoms with E-state index in [1.165, 1.54) is 0 Å². The first kappa shape index (κ1) is 23.0. The van der Waals surface area contributed by atoms with Crippen LogP contribution in [0.25, 0.3) is 0 Å². The van der Waals surface area contributed by atoms with Crippen molar-refractivity contribution in [2.75, 3.05) is 0 Å². The third-order valence-corrected chi connectivity index (χ3v) is 4.08. The molecule has 0 aliphatic carbocycles. The highest BCUT2D eigenvalue weighted by molar-refractivity contribution is 5.89. The van der Waals surface area contributed by atoms with Crippen molar-refractivity contribution in [1.29, 1.82) is 5.26 Å². The molecule has 0 spiro atoms. The number of carboxylic acid groups (broad SMARTS) is 1. The number of carbonyl (C=O) groups is 3. The summed E-state index contributed by atoms with van der Waals surface area (Å²) in [5, 5.41) is 22.8. The van der Waals surface area contributed by atoms with Crippen LogP contribution in [0.5, 0.6) is 0 Å². The minimum atomic E-state index is -1.15. The number of hydrogen-bond donors (Lipinski definition) is 3. The van der Waals surface area contributed by atoms with Crippen LogP contribution in [-0.2, 0) is 20.9 Å². The molecule has 0 unspecified atom stereocenters. The van der Waals surface area contributed by atoms with E-state index in [2.05, 4.69) is 10.6 Å². The molecule has 0 aliphatic heterocycles. The van der Waals surface area contributed by atoms with Gasteiger partial charge in [-0.1, -0.05) is 44.2 Å². The second-order valence-electron chi connectivity index (χ2n) is 6.73. The lowest BCUT2D eigenvalue weighted by molar-refractivity contribution is -0.142. The van der Waals surface area contributed by atoms with Crippen molar-refractivity contribution in [3.05, 3.63) is 35.9 Å².